The van der Waals surface area contributed by atoms with E-state index in [1.54, 1.807) is 0 Å². The normalized spacial score (nSPS) is 16.8. The Labute approximate surface area is 123 Å². The molecule has 0 saturated heterocycles. The van der Waals surface area contributed by atoms with Crippen LogP contribution in [0.15, 0.2) is 35.2 Å². The fraction of sp³-hybridized carbons (Fsp3) is 0.467. The average Bonchev–Trinajstić information content (AvgIpc) is 2.94. The Morgan fingerprint density at radius 3 is 2.45 bits per heavy atom. The van der Waals surface area contributed by atoms with E-state index in [2.05, 4.69) is 5.32 Å². The second-order valence-electron chi connectivity index (χ2n) is 5.17. The minimum Gasteiger partial charge on any atom is -0.481 e. The number of thioether (sulfide) groups is 1. The van der Waals surface area contributed by atoms with Crippen molar-refractivity contribution in [3.63, 3.8) is 0 Å². The summed E-state index contributed by atoms with van der Waals surface area (Å²) in [5.41, 5.74) is -0.743. The van der Waals surface area contributed by atoms with E-state index in [4.69, 9.17) is 0 Å². The van der Waals surface area contributed by atoms with Gasteiger partial charge in [0.1, 0.15) is 0 Å². The third kappa shape index (κ3) is 3.76. The van der Waals surface area contributed by atoms with Crippen LogP contribution in [0.2, 0.25) is 0 Å². The number of benzene rings is 1. The Morgan fingerprint density at radius 2 is 1.85 bits per heavy atom. The molecular weight excluding hydrogens is 274 g/mol. The van der Waals surface area contributed by atoms with Crippen LogP contribution in [0.1, 0.15) is 25.7 Å². The highest BCUT2D eigenvalue weighted by atomic mass is 32.2. The number of amides is 1. The SMILES string of the molecule is O=C(CSc1ccccc1)NCC1(C(=O)O)CCCC1. The first-order valence-corrected chi connectivity index (χ1v) is 7.79. The average molecular weight is 293 g/mol. The monoisotopic (exact) mass is 293 g/mol. The summed E-state index contributed by atoms with van der Waals surface area (Å²) >= 11 is 1.46. The van der Waals surface area contributed by atoms with Crippen LogP contribution < -0.4 is 5.32 Å². The molecule has 2 N–H and O–H groups in total. The summed E-state index contributed by atoms with van der Waals surface area (Å²) in [6.45, 7) is 0.247. The van der Waals surface area contributed by atoms with Gasteiger partial charge in [-0.05, 0) is 25.0 Å². The van der Waals surface area contributed by atoms with Crippen LogP contribution >= 0.6 is 11.8 Å². The number of carboxylic acids is 1. The Morgan fingerprint density at radius 1 is 1.20 bits per heavy atom. The molecule has 108 valence electrons. The summed E-state index contributed by atoms with van der Waals surface area (Å²) < 4.78 is 0. The molecule has 1 aliphatic rings. The molecule has 2 rings (SSSR count). The van der Waals surface area contributed by atoms with E-state index in [9.17, 15) is 14.7 Å². The highest BCUT2D eigenvalue weighted by Gasteiger charge is 2.41. The maximum Gasteiger partial charge on any atom is 0.311 e. The molecule has 0 radical (unpaired) electrons. The van der Waals surface area contributed by atoms with E-state index < -0.39 is 11.4 Å². The molecule has 0 unspecified atom stereocenters. The van der Waals surface area contributed by atoms with Gasteiger partial charge in [-0.1, -0.05) is 31.0 Å². The summed E-state index contributed by atoms with van der Waals surface area (Å²) in [5, 5.41) is 12.1. The van der Waals surface area contributed by atoms with Crippen LogP contribution in [0.3, 0.4) is 0 Å². The van der Waals surface area contributed by atoms with Crippen molar-refractivity contribution in [1.29, 1.82) is 0 Å². The van der Waals surface area contributed by atoms with Crippen LogP contribution in [0.5, 0.6) is 0 Å². The molecule has 0 aromatic heterocycles. The summed E-state index contributed by atoms with van der Waals surface area (Å²) in [6.07, 6.45) is 3.19. The standard InChI is InChI=1S/C15H19NO3S/c17-13(10-20-12-6-2-1-3-7-12)16-11-15(14(18)19)8-4-5-9-15/h1-3,6-7H,4-5,8-11H2,(H,16,17)(H,18,19). The Balaban J connectivity index is 1.78. The van der Waals surface area contributed by atoms with Crippen molar-refractivity contribution in [3.8, 4) is 0 Å². The van der Waals surface area contributed by atoms with Crippen LogP contribution in [0, 0.1) is 5.41 Å². The van der Waals surface area contributed by atoms with Crippen molar-refractivity contribution in [1.82, 2.24) is 5.32 Å². The minimum atomic E-state index is -0.786. The zero-order valence-electron chi connectivity index (χ0n) is 11.3. The number of carbonyl (C=O) groups is 2. The molecule has 0 atom stereocenters. The first kappa shape index (κ1) is 14.9. The molecule has 0 aliphatic heterocycles. The van der Waals surface area contributed by atoms with E-state index in [-0.39, 0.29) is 12.5 Å². The van der Waals surface area contributed by atoms with Gasteiger partial charge >= 0.3 is 5.97 Å². The lowest BCUT2D eigenvalue weighted by Crippen LogP contribution is -2.41. The molecule has 1 aromatic carbocycles. The van der Waals surface area contributed by atoms with Gasteiger partial charge in [-0.2, -0.15) is 0 Å². The van der Waals surface area contributed by atoms with E-state index in [0.717, 1.165) is 17.7 Å². The van der Waals surface area contributed by atoms with Gasteiger partial charge < -0.3 is 10.4 Å². The topological polar surface area (TPSA) is 66.4 Å². The van der Waals surface area contributed by atoms with Crippen LogP contribution in [0.4, 0.5) is 0 Å². The second-order valence-corrected chi connectivity index (χ2v) is 6.22. The number of carbonyl (C=O) groups excluding carboxylic acids is 1. The minimum absolute atomic E-state index is 0.105. The number of aliphatic carboxylic acids is 1. The number of nitrogens with one attached hydrogen (secondary N) is 1. The van der Waals surface area contributed by atoms with Gasteiger partial charge in [0.15, 0.2) is 0 Å². The Hall–Kier alpha value is -1.49. The predicted molar refractivity (Wildman–Crippen MR) is 78.7 cm³/mol. The number of hydrogen-bond acceptors (Lipinski definition) is 3. The fourth-order valence-corrected chi connectivity index (χ4v) is 3.25. The maximum absolute atomic E-state index is 11.8. The molecule has 0 heterocycles. The molecule has 1 aliphatic carbocycles. The molecule has 5 heteroatoms. The van der Waals surface area contributed by atoms with E-state index in [1.807, 2.05) is 30.3 Å². The molecule has 0 bridgehead atoms. The van der Waals surface area contributed by atoms with Crippen LogP contribution in [0.25, 0.3) is 0 Å². The lowest BCUT2D eigenvalue weighted by Gasteiger charge is -2.23. The zero-order chi connectivity index (χ0) is 14.4. The summed E-state index contributed by atoms with van der Waals surface area (Å²) in [5.74, 6) is -0.572. The van der Waals surface area contributed by atoms with Gasteiger partial charge in [0.05, 0.1) is 11.2 Å². The molecular formula is C15H19NO3S. The first-order valence-electron chi connectivity index (χ1n) is 6.80. The van der Waals surface area contributed by atoms with Gasteiger partial charge in [0.2, 0.25) is 5.91 Å². The van der Waals surface area contributed by atoms with Crippen molar-refractivity contribution in [2.45, 2.75) is 30.6 Å². The first-order chi connectivity index (χ1) is 9.62. The fourth-order valence-electron chi connectivity index (χ4n) is 2.50. The van der Waals surface area contributed by atoms with Gasteiger partial charge in [-0.15, -0.1) is 11.8 Å². The largest absolute Gasteiger partial charge is 0.481 e. The Kier molecular flexibility index (Phi) is 5.06. The van der Waals surface area contributed by atoms with Gasteiger partial charge in [0, 0.05) is 11.4 Å². The number of rotatable bonds is 6. The molecule has 20 heavy (non-hydrogen) atoms. The quantitative estimate of drug-likeness (QED) is 0.791. The Bertz CT molecular complexity index is 469. The van der Waals surface area contributed by atoms with Crippen LogP contribution in [-0.2, 0) is 9.59 Å². The third-order valence-electron chi connectivity index (χ3n) is 3.75. The number of carboxylic acid groups (broad SMARTS) is 1. The van der Waals surface area contributed by atoms with Crippen molar-refractivity contribution in [2.75, 3.05) is 12.3 Å². The molecule has 1 aromatic rings. The smallest absolute Gasteiger partial charge is 0.311 e. The van der Waals surface area contributed by atoms with Crippen molar-refractivity contribution >= 4 is 23.6 Å². The van der Waals surface area contributed by atoms with Gasteiger partial charge in [-0.3, -0.25) is 9.59 Å². The van der Waals surface area contributed by atoms with Gasteiger partial charge in [-0.25, -0.2) is 0 Å². The highest BCUT2D eigenvalue weighted by Crippen LogP contribution is 2.37. The van der Waals surface area contributed by atoms with Crippen molar-refractivity contribution < 1.29 is 14.7 Å². The summed E-state index contributed by atoms with van der Waals surface area (Å²) in [6, 6.07) is 9.69. The van der Waals surface area contributed by atoms with Crippen molar-refractivity contribution in [2.24, 2.45) is 5.41 Å². The molecule has 1 fully saturated rings. The summed E-state index contributed by atoms with van der Waals surface area (Å²) in [7, 11) is 0. The molecule has 1 amide bonds. The van der Waals surface area contributed by atoms with E-state index >= 15 is 0 Å². The maximum atomic E-state index is 11.8. The van der Waals surface area contributed by atoms with Gasteiger partial charge in [0.25, 0.3) is 0 Å². The zero-order valence-corrected chi connectivity index (χ0v) is 12.1. The highest BCUT2D eigenvalue weighted by molar-refractivity contribution is 8.00. The van der Waals surface area contributed by atoms with Crippen molar-refractivity contribution in [3.05, 3.63) is 30.3 Å². The molecule has 4 nitrogen and oxygen atoms in total. The lowest BCUT2D eigenvalue weighted by atomic mass is 9.86. The summed E-state index contributed by atoms with van der Waals surface area (Å²) in [4.78, 5) is 24.2. The van der Waals surface area contributed by atoms with E-state index in [1.165, 1.54) is 11.8 Å². The molecule has 0 spiro atoms. The third-order valence-corrected chi connectivity index (χ3v) is 4.76. The molecule has 1 saturated carbocycles. The van der Waals surface area contributed by atoms with E-state index in [0.29, 0.717) is 18.6 Å². The van der Waals surface area contributed by atoms with Crippen LogP contribution in [-0.4, -0.2) is 29.3 Å². The lowest BCUT2D eigenvalue weighted by molar-refractivity contribution is -0.148. The second kappa shape index (κ2) is 6.79. The predicted octanol–water partition coefficient (Wildman–Crippen LogP) is 2.54. The number of hydrogen-bond donors (Lipinski definition) is 2.